The molecule has 27 heavy (non-hydrogen) atoms. The van der Waals surface area contributed by atoms with Crippen molar-refractivity contribution in [3.8, 4) is 5.75 Å². The first-order valence-electron chi connectivity index (χ1n) is 8.66. The smallest absolute Gasteiger partial charge is 0.295 e. The first-order chi connectivity index (χ1) is 13.0. The molecule has 2 aromatic rings. The Kier molecular flexibility index (Phi) is 5.65. The number of nitrogens with zero attached hydrogens (tertiary/aromatic N) is 1. The Morgan fingerprint density at radius 1 is 1.19 bits per heavy atom. The van der Waals surface area contributed by atoms with Crippen molar-refractivity contribution in [3.05, 3.63) is 69.7 Å². The van der Waals surface area contributed by atoms with Crippen molar-refractivity contribution in [1.82, 2.24) is 4.90 Å². The number of carbonyl (C=O) groups is 2. The van der Waals surface area contributed by atoms with Gasteiger partial charge < -0.3 is 14.7 Å². The van der Waals surface area contributed by atoms with Gasteiger partial charge >= 0.3 is 0 Å². The van der Waals surface area contributed by atoms with Crippen molar-refractivity contribution in [2.24, 2.45) is 0 Å². The third kappa shape index (κ3) is 3.49. The maximum atomic E-state index is 12.8. The summed E-state index contributed by atoms with van der Waals surface area (Å²) in [6, 6.07) is 13.7. The van der Waals surface area contributed by atoms with Crippen LogP contribution in [0.4, 0.5) is 0 Å². The van der Waals surface area contributed by atoms with Gasteiger partial charge in [-0.1, -0.05) is 37.3 Å². The highest BCUT2D eigenvalue weighted by atomic mass is 79.9. The largest absolute Gasteiger partial charge is 0.507 e. The van der Waals surface area contributed by atoms with E-state index in [1.165, 1.54) is 4.90 Å². The third-order valence-corrected chi connectivity index (χ3v) is 5.16. The van der Waals surface area contributed by atoms with Gasteiger partial charge in [-0.2, -0.15) is 0 Å². The minimum Gasteiger partial charge on any atom is -0.507 e. The van der Waals surface area contributed by atoms with Crippen molar-refractivity contribution < 1.29 is 19.4 Å². The van der Waals surface area contributed by atoms with Gasteiger partial charge in [0.25, 0.3) is 11.7 Å². The molecule has 0 bridgehead atoms. The van der Waals surface area contributed by atoms with Crippen LogP contribution in [-0.4, -0.2) is 35.4 Å². The number of likely N-dealkylation sites (tertiary alicyclic amines) is 1. The molecule has 0 aliphatic carbocycles. The van der Waals surface area contributed by atoms with Crippen LogP contribution in [0.2, 0.25) is 0 Å². The van der Waals surface area contributed by atoms with Crippen LogP contribution in [0.15, 0.2) is 58.6 Å². The number of benzene rings is 2. The first-order valence-corrected chi connectivity index (χ1v) is 9.46. The second kappa shape index (κ2) is 7.96. The van der Waals surface area contributed by atoms with E-state index >= 15 is 0 Å². The molecule has 1 atom stereocenters. The quantitative estimate of drug-likeness (QED) is 0.437. The monoisotopic (exact) mass is 429 g/mol. The Bertz CT molecular complexity index is 908. The number of ketones is 1. The molecule has 1 N–H and O–H groups in total. The SMILES string of the molecule is CCCN1C(=O)C(=O)/C(=C(\O)c2ccc(OC)c(Br)c2)C1c1ccccc1. The van der Waals surface area contributed by atoms with Crippen molar-refractivity contribution in [3.63, 3.8) is 0 Å². The molecule has 2 aromatic carbocycles. The molecule has 1 unspecified atom stereocenters. The van der Waals surface area contributed by atoms with Gasteiger partial charge in [-0.25, -0.2) is 0 Å². The lowest BCUT2D eigenvalue weighted by molar-refractivity contribution is -0.139. The molecule has 1 saturated heterocycles. The number of hydrogen-bond acceptors (Lipinski definition) is 4. The van der Waals surface area contributed by atoms with Gasteiger partial charge in [0.15, 0.2) is 0 Å². The lowest BCUT2D eigenvalue weighted by Crippen LogP contribution is -2.30. The lowest BCUT2D eigenvalue weighted by Gasteiger charge is -2.24. The van der Waals surface area contributed by atoms with Crippen LogP contribution in [0, 0.1) is 0 Å². The first kappa shape index (κ1) is 19.2. The lowest BCUT2D eigenvalue weighted by atomic mass is 9.95. The minimum atomic E-state index is -0.665. The summed E-state index contributed by atoms with van der Waals surface area (Å²) < 4.78 is 5.86. The summed E-state index contributed by atoms with van der Waals surface area (Å²) in [4.78, 5) is 26.9. The van der Waals surface area contributed by atoms with Gasteiger partial charge in [-0.3, -0.25) is 9.59 Å². The van der Waals surface area contributed by atoms with E-state index in [2.05, 4.69) is 15.9 Å². The van der Waals surface area contributed by atoms with E-state index in [-0.39, 0.29) is 11.3 Å². The Labute approximate surface area is 166 Å². The highest BCUT2D eigenvalue weighted by Crippen LogP contribution is 2.40. The second-order valence-corrected chi connectivity index (χ2v) is 7.11. The molecule has 140 valence electrons. The number of methoxy groups -OCH3 is 1. The zero-order valence-corrected chi connectivity index (χ0v) is 16.7. The fourth-order valence-electron chi connectivity index (χ4n) is 3.30. The molecule has 3 rings (SSSR count). The predicted octanol–water partition coefficient (Wildman–Crippen LogP) is 4.29. The van der Waals surface area contributed by atoms with E-state index in [9.17, 15) is 14.7 Å². The van der Waals surface area contributed by atoms with Crippen molar-refractivity contribution >= 4 is 33.4 Å². The van der Waals surface area contributed by atoms with Gasteiger partial charge in [0.1, 0.15) is 11.5 Å². The zero-order chi connectivity index (χ0) is 19.6. The molecule has 0 spiro atoms. The van der Waals surface area contributed by atoms with E-state index in [1.807, 2.05) is 37.3 Å². The second-order valence-electron chi connectivity index (χ2n) is 6.25. The van der Waals surface area contributed by atoms with Crippen LogP contribution >= 0.6 is 15.9 Å². The maximum absolute atomic E-state index is 12.8. The van der Waals surface area contributed by atoms with Gasteiger partial charge in [-0.15, -0.1) is 0 Å². The van der Waals surface area contributed by atoms with E-state index < -0.39 is 17.7 Å². The Morgan fingerprint density at radius 2 is 1.89 bits per heavy atom. The summed E-state index contributed by atoms with van der Waals surface area (Å²) in [7, 11) is 1.55. The van der Waals surface area contributed by atoms with Crippen molar-refractivity contribution in [1.29, 1.82) is 0 Å². The number of rotatable bonds is 5. The van der Waals surface area contributed by atoms with Gasteiger partial charge in [0.2, 0.25) is 0 Å². The molecule has 1 aliphatic rings. The fraction of sp³-hybridized carbons (Fsp3) is 0.238. The average molecular weight is 430 g/mol. The number of ether oxygens (including phenoxy) is 1. The third-order valence-electron chi connectivity index (χ3n) is 4.55. The van der Waals surface area contributed by atoms with E-state index in [1.54, 1.807) is 25.3 Å². The molecular formula is C21H20BrNO4. The number of carbonyl (C=O) groups excluding carboxylic acids is 2. The highest BCUT2D eigenvalue weighted by Gasteiger charge is 2.45. The maximum Gasteiger partial charge on any atom is 0.295 e. The molecule has 6 heteroatoms. The normalized spacial score (nSPS) is 18.8. The number of aliphatic hydroxyl groups is 1. The summed E-state index contributed by atoms with van der Waals surface area (Å²) >= 11 is 3.39. The minimum absolute atomic E-state index is 0.108. The summed E-state index contributed by atoms with van der Waals surface area (Å²) in [5, 5.41) is 10.9. The van der Waals surface area contributed by atoms with E-state index in [4.69, 9.17) is 4.74 Å². The van der Waals surface area contributed by atoms with Crippen LogP contribution in [0.3, 0.4) is 0 Å². The van der Waals surface area contributed by atoms with Crippen LogP contribution in [-0.2, 0) is 9.59 Å². The van der Waals surface area contributed by atoms with E-state index in [0.717, 1.165) is 5.56 Å². The van der Waals surface area contributed by atoms with Crippen molar-refractivity contribution in [2.75, 3.05) is 13.7 Å². The molecule has 1 aliphatic heterocycles. The fourth-order valence-corrected chi connectivity index (χ4v) is 3.84. The molecule has 1 heterocycles. The molecular weight excluding hydrogens is 410 g/mol. The number of aliphatic hydroxyl groups excluding tert-OH is 1. The standard InChI is InChI=1S/C21H20BrNO4/c1-3-11-23-18(13-7-5-4-6-8-13)17(20(25)21(23)26)19(24)14-9-10-16(27-2)15(22)12-14/h4-10,12,18,24H,3,11H2,1-2H3/b19-17-. The number of Topliss-reactive ketones (excluding diaryl/α,β-unsaturated/α-hetero) is 1. The summed E-state index contributed by atoms with van der Waals surface area (Å²) in [6.07, 6.45) is 0.713. The van der Waals surface area contributed by atoms with Gasteiger partial charge in [0, 0.05) is 12.1 Å². The molecule has 0 saturated carbocycles. The molecule has 5 nitrogen and oxygen atoms in total. The van der Waals surface area contributed by atoms with E-state index in [0.29, 0.717) is 28.8 Å². The van der Waals surface area contributed by atoms with Gasteiger partial charge in [0.05, 0.1) is 23.2 Å². The van der Waals surface area contributed by atoms with Crippen LogP contribution in [0.25, 0.3) is 5.76 Å². The van der Waals surface area contributed by atoms with Crippen LogP contribution in [0.5, 0.6) is 5.75 Å². The number of amides is 1. The predicted molar refractivity (Wildman–Crippen MR) is 106 cm³/mol. The number of halogens is 1. The van der Waals surface area contributed by atoms with Crippen molar-refractivity contribution in [2.45, 2.75) is 19.4 Å². The molecule has 1 amide bonds. The topological polar surface area (TPSA) is 66.8 Å². The highest BCUT2D eigenvalue weighted by molar-refractivity contribution is 9.10. The van der Waals surface area contributed by atoms with Gasteiger partial charge in [-0.05, 0) is 46.1 Å². The summed E-state index contributed by atoms with van der Waals surface area (Å²) in [6.45, 7) is 2.38. The number of hydrogen-bond donors (Lipinski definition) is 1. The Morgan fingerprint density at radius 3 is 2.48 bits per heavy atom. The van der Waals surface area contributed by atoms with Crippen LogP contribution < -0.4 is 4.74 Å². The van der Waals surface area contributed by atoms with Crippen LogP contribution in [0.1, 0.15) is 30.5 Å². The molecule has 1 fully saturated rings. The average Bonchev–Trinajstić information content (AvgIpc) is 2.93. The Balaban J connectivity index is 2.17. The summed E-state index contributed by atoms with van der Waals surface area (Å²) in [5.74, 6) is -0.830. The summed E-state index contributed by atoms with van der Waals surface area (Å²) in [5.41, 5.74) is 1.34. The zero-order valence-electron chi connectivity index (χ0n) is 15.1. The molecule has 0 aromatic heterocycles. The molecule has 0 radical (unpaired) electrons. The Hall–Kier alpha value is -2.60.